The topological polar surface area (TPSA) is 103 Å². The molecule has 0 spiro atoms. The number of rotatable bonds is 14. The van der Waals surface area contributed by atoms with Gasteiger partial charge in [-0.25, -0.2) is 4.98 Å². The zero-order valence-corrected chi connectivity index (χ0v) is 15.5. The molecule has 1 rings (SSSR count). The second-order valence-electron chi connectivity index (χ2n) is 6.36. The molecule has 0 saturated heterocycles. The van der Waals surface area contributed by atoms with Crippen LogP contribution in [0.3, 0.4) is 0 Å². The Balaban J connectivity index is 0. The van der Waals surface area contributed by atoms with E-state index in [0.717, 1.165) is 19.3 Å². The molecule has 1 aromatic rings. The third-order valence-corrected chi connectivity index (χ3v) is 4.08. The number of imidazole rings is 1. The molecule has 1 aromatic heterocycles. The van der Waals surface area contributed by atoms with Crippen LogP contribution < -0.4 is 0 Å². The van der Waals surface area contributed by atoms with E-state index in [1.54, 1.807) is 18.7 Å². The van der Waals surface area contributed by atoms with Crippen LogP contribution in [0.5, 0.6) is 0 Å². The molecular weight excluding hydrogens is 343 g/mol. The van der Waals surface area contributed by atoms with Crippen LogP contribution in [-0.2, 0) is 9.59 Å². The second kappa shape index (κ2) is 20.5. The van der Waals surface area contributed by atoms with Crippen molar-refractivity contribution in [3.63, 3.8) is 0 Å². The smallest absolute Gasteiger partial charge is 0.0919 e. The Morgan fingerprint density at radius 2 is 1.50 bits per heavy atom. The molecule has 1 atom stereocenters. The second-order valence-corrected chi connectivity index (χ2v) is 6.36. The van der Waals surface area contributed by atoms with Crippen molar-refractivity contribution in [3.05, 3.63) is 18.7 Å². The van der Waals surface area contributed by atoms with E-state index in [9.17, 15) is 9.59 Å². The van der Waals surface area contributed by atoms with Gasteiger partial charge in [-0.05, 0) is 6.42 Å². The maximum Gasteiger partial charge on any atom is 0.0919 e. The van der Waals surface area contributed by atoms with Gasteiger partial charge in [-0.3, -0.25) is 9.59 Å². The molecule has 0 aliphatic carbocycles. The quantitative estimate of drug-likeness (QED) is 0.332. The van der Waals surface area contributed by atoms with Crippen LogP contribution in [0.15, 0.2) is 18.7 Å². The molecule has 1 unspecified atom stereocenters. The fourth-order valence-corrected chi connectivity index (χ4v) is 2.62. The predicted octanol–water partition coefficient (Wildman–Crippen LogP) is 4.23. The van der Waals surface area contributed by atoms with Gasteiger partial charge in [0.1, 0.15) is 0 Å². The van der Waals surface area contributed by atoms with Crippen LogP contribution in [0.2, 0.25) is 0 Å². The fourth-order valence-electron chi connectivity index (χ4n) is 2.62. The van der Waals surface area contributed by atoms with Crippen LogP contribution in [0, 0.1) is 5.92 Å². The average molecular weight is 378 g/mol. The first-order valence-corrected chi connectivity index (χ1v) is 9.45. The SMILES string of the molecule is CCCCCCCCCCCCC(CC(=O)O)C(=O)O.[NaH].c1c[nH]cn1. The van der Waals surface area contributed by atoms with Crippen LogP contribution >= 0.6 is 0 Å². The Hall–Kier alpha value is -0.850. The summed E-state index contributed by atoms with van der Waals surface area (Å²) in [6.07, 6.45) is 17.3. The summed E-state index contributed by atoms with van der Waals surface area (Å²) in [5, 5.41) is 17.5. The maximum absolute atomic E-state index is 10.9. The summed E-state index contributed by atoms with van der Waals surface area (Å²) in [7, 11) is 0. The van der Waals surface area contributed by atoms with Gasteiger partial charge in [0.25, 0.3) is 0 Å². The number of nitrogens with zero attached hydrogens (tertiary/aromatic N) is 1. The van der Waals surface area contributed by atoms with E-state index in [4.69, 9.17) is 10.2 Å². The van der Waals surface area contributed by atoms with E-state index in [1.165, 1.54) is 44.9 Å². The first-order chi connectivity index (χ1) is 12.1. The molecule has 0 bridgehead atoms. The largest absolute Gasteiger partial charge is 0.351 e. The van der Waals surface area contributed by atoms with Gasteiger partial charge in [0.15, 0.2) is 0 Å². The Kier molecular flexibility index (Phi) is 21.5. The maximum atomic E-state index is 10.9. The number of aromatic amines is 1. The molecular formula is C19H35N2NaO4. The van der Waals surface area contributed by atoms with Gasteiger partial charge in [-0.1, -0.05) is 71.1 Å². The van der Waals surface area contributed by atoms with Crippen molar-refractivity contribution in [2.75, 3.05) is 0 Å². The van der Waals surface area contributed by atoms with Gasteiger partial charge in [0.05, 0.1) is 18.7 Å². The summed E-state index contributed by atoms with van der Waals surface area (Å²) < 4.78 is 0. The molecule has 0 aromatic carbocycles. The summed E-state index contributed by atoms with van der Waals surface area (Å²) in [5.41, 5.74) is 0. The van der Waals surface area contributed by atoms with Crippen molar-refractivity contribution in [1.29, 1.82) is 0 Å². The summed E-state index contributed by atoms with van der Waals surface area (Å²) in [4.78, 5) is 27.8. The van der Waals surface area contributed by atoms with Gasteiger partial charge in [0, 0.05) is 12.4 Å². The first kappa shape index (κ1) is 27.4. The van der Waals surface area contributed by atoms with Gasteiger partial charge in [0.2, 0.25) is 0 Å². The zero-order chi connectivity index (χ0) is 18.8. The number of nitrogens with one attached hydrogen (secondary N) is 1. The fraction of sp³-hybridized carbons (Fsp3) is 0.737. The Labute approximate surface area is 179 Å². The van der Waals surface area contributed by atoms with Crippen molar-refractivity contribution in [3.8, 4) is 0 Å². The minimum absolute atomic E-state index is 0. The van der Waals surface area contributed by atoms with E-state index >= 15 is 0 Å². The summed E-state index contributed by atoms with van der Waals surface area (Å²) in [6, 6.07) is 0. The number of carboxylic acids is 2. The van der Waals surface area contributed by atoms with Crippen molar-refractivity contribution in [2.24, 2.45) is 5.92 Å². The average Bonchev–Trinajstić information content (AvgIpc) is 3.14. The first-order valence-electron chi connectivity index (χ1n) is 9.45. The third-order valence-electron chi connectivity index (χ3n) is 4.08. The zero-order valence-electron chi connectivity index (χ0n) is 15.5. The summed E-state index contributed by atoms with van der Waals surface area (Å²) >= 11 is 0. The van der Waals surface area contributed by atoms with E-state index in [2.05, 4.69) is 16.9 Å². The Morgan fingerprint density at radius 1 is 0.962 bits per heavy atom. The molecule has 0 radical (unpaired) electrons. The summed E-state index contributed by atoms with van der Waals surface area (Å²) in [6.45, 7) is 2.22. The number of H-pyrrole nitrogens is 1. The molecule has 146 valence electrons. The number of hydrogen-bond donors (Lipinski definition) is 3. The molecule has 0 fully saturated rings. The molecule has 1 heterocycles. The Bertz CT molecular complexity index is 410. The number of carboxylic acid groups (broad SMARTS) is 2. The van der Waals surface area contributed by atoms with E-state index < -0.39 is 17.9 Å². The number of aliphatic carboxylic acids is 2. The van der Waals surface area contributed by atoms with E-state index in [-0.39, 0.29) is 36.0 Å². The van der Waals surface area contributed by atoms with Crippen molar-refractivity contribution < 1.29 is 19.8 Å². The van der Waals surface area contributed by atoms with Crippen molar-refractivity contribution in [1.82, 2.24) is 9.97 Å². The minimum Gasteiger partial charge on any atom is -0.351 e. The molecule has 26 heavy (non-hydrogen) atoms. The molecule has 6 nitrogen and oxygen atoms in total. The van der Waals surface area contributed by atoms with E-state index in [0.29, 0.717) is 6.42 Å². The van der Waals surface area contributed by atoms with Crippen molar-refractivity contribution in [2.45, 2.75) is 84.0 Å². The summed E-state index contributed by atoms with van der Waals surface area (Å²) in [5.74, 6) is -2.73. The van der Waals surface area contributed by atoms with Crippen LogP contribution in [0.4, 0.5) is 0 Å². The molecule has 7 heteroatoms. The van der Waals surface area contributed by atoms with E-state index in [1.807, 2.05) is 0 Å². The molecule has 0 amide bonds. The number of carbonyl (C=O) groups is 2. The van der Waals surface area contributed by atoms with Gasteiger partial charge in [-0.15, -0.1) is 0 Å². The third kappa shape index (κ3) is 19.5. The predicted molar refractivity (Wildman–Crippen MR) is 106 cm³/mol. The van der Waals surface area contributed by atoms with Crippen LogP contribution in [-0.4, -0.2) is 61.7 Å². The molecule has 0 saturated carbocycles. The number of aromatic nitrogens is 2. The van der Waals surface area contributed by atoms with Gasteiger partial charge in [-0.2, -0.15) is 0 Å². The standard InChI is InChI=1S/C16H30O4.C3H4N2.Na.H/c1-2-3-4-5-6-7-8-9-10-11-12-14(16(19)20)13-15(17)18;1-2-5-3-4-1;;/h14H,2-13H2,1H3,(H,17,18)(H,19,20);1-3H,(H,4,5);;. The Morgan fingerprint density at radius 3 is 1.85 bits per heavy atom. The van der Waals surface area contributed by atoms with Crippen LogP contribution in [0.25, 0.3) is 0 Å². The van der Waals surface area contributed by atoms with Gasteiger partial charge >= 0.3 is 41.5 Å². The van der Waals surface area contributed by atoms with Crippen molar-refractivity contribution >= 4 is 41.5 Å². The minimum atomic E-state index is -1.02. The number of hydrogen-bond acceptors (Lipinski definition) is 3. The molecule has 0 aliphatic rings. The van der Waals surface area contributed by atoms with Gasteiger partial charge < -0.3 is 15.2 Å². The normalized spacial score (nSPS) is 11.0. The van der Waals surface area contributed by atoms with Crippen LogP contribution in [0.1, 0.15) is 84.0 Å². The number of unbranched alkanes of at least 4 members (excludes halogenated alkanes) is 9. The molecule has 0 aliphatic heterocycles. The monoisotopic (exact) mass is 378 g/mol. The molecule has 3 N–H and O–H groups in total.